The number of hydrogen-bond donors (Lipinski definition) is 3. The lowest BCUT2D eigenvalue weighted by Gasteiger charge is -2.16. The molecule has 2 saturated heterocycles. The zero-order valence-electron chi connectivity index (χ0n) is 11.2. The molecule has 0 spiro atoms. The average molecular weight is 292 g/mol. The zero-order chi connectivity index (χ0) is 14.6. The monoisotopic (exact) mass is 292 g/mol. The summed E-state index contributed by atoms with van der Waals surface area (Å²) in [7, 11) is 0. The van der Waals surface area contributed by atoms with E-state index in [0.717, 1.165) is 13.1 Å². The van der Waals surface area contributed by atoms with Crippen molar-refractivity contribution in [3.63, 3.8) is 0 Å². The Bertz CT molecular complexity index is 672. The average Bonchev–Trinajstić information content (AvgIpc) is 3.12. The van der Waals surface area contributed by atoms with Gasteiger partial charge in [0.05, 0.1) is 6.33 Å². The van der Waals surface area contributed by atoms with E-state index >= 15 is 0 Å². The van der Waals surface area contributed by atoms with Crippen LogP contribution in [0.5, 0.6) is 0 Å². The molecule has 4 rings (SSSR count). The number of aliphatic hydroxyl groups excluding tert-OH is 2. The number of anilines is 1. The second-order valence-electron chi connectivity index (χ2n) is 5.43. The van der Waals surface area contributed by atoms with Crippen molar-refractivity contribution in [2.75, 3.05) is 25.4 Å². The number of hydrogen-bond acceptors (Lipinski definition) is 8. The number of nitrogen functional groups attached to an aromatic ring is 1. The lowest BCUT2D eigenvalue weighted by molar-refractivity contribution is -0.0375. The third kappa shape index (κ3) is 2.05. The van der Waals surface area contributed by atoms with Gasteiger partial charge in [-0.2, -0.15) is 0 Å². The first-order chi connectivity index (χ1) is 10.1. The number of ether oxygens (including phenoxy) is 1. The highest BCUT2D eigenvalue weighted by atomic mass is 16.6. The molecule has 4 N–H and O–H groups in total. The van der Waals surface area contributed by atoms with Crippen molar-refractivity contribution >= 4 is 17.0 Å². The molecule has 2 aromatic heterocycles. The van der Waals surface area contributed by atoms with Crippen LogP contribution < -0.4 is 5.73 Å². The molecular weight excluding hydrogens is 276 g/mol. The van der Waals surface area contributed by atoms with Crippen molar-refractivity contribution in [3.8, 4) is 0 Å². The third-order valence-corrected chi connectivity index (χ3v) is 3.98. The first-order valence-corrected chi connectivity index (χ1v) is 6.82. The van der Waals surface area contributed by atoms with Crippen LogP contribution in [-0.4, -0.2) is 72.6 Å². The summed E-state index contributed by atoms with van der Waals surface area (Å²) in [4.78, 5) is 14.3. The Labute approximate surface area is 120 Å². The summed E-state index contributed by atoms with van der Waals surface area (Å²) >= 11 is 0. The van der Waals surface area contributed by atoms with Gasteiger partial charge in [0.1, 0.15) is 30.2 Å². The number of aliphatic hydroxyl groups is 2. The van der Waals surface area contributed by atoms with E-state index in [1.54, 1.807) is 4.57 Å². The van der Waals surface area contributed by atoms with Crippen LogP contribution in [0.15, 0.2) is 12.7 Å². The topological polar surface area (TPSA) is 122 Å². The molecule has 0 aromatic carbocycles. The molecule has 4 unspecified atom stereocenters. The Kier molecular flexibility index (Phi) is 2.82. The molecule has 2 aliphatic heterocycles. The third-order valence-electron chi connectivity index (χ3n) is 3.98. The molecule has 0 aliphatic carbocycles. The van der Waals surface area contributed by atoms with Crippen molar-refractivity contribution in [2.45, 2.75) is 24.5 Å². The van der Waals surface area contributed by atoms with Gasteiger partial charge in [-0.05, 0) is 0 Å². The Morgan fingerprint density at radius 3 is 2.81 bits per heavy atom. The highest BCUT2D eigenvalue weighted by molar-refractivity contribution is 5.81. The van der Waals surface area contributed by atoms with Gasteiger partial charge >= 0.3 is 0 Å². The van der Waals surface area contributed by atoms with E-state index in [1.165, 1.54) is 12.7 Å². The smallest absolute Gasteiger partial charge is 0.167 e. The zero-order valence-corrected chi connectivity index (χ0v) is 11.2. The molecule has 21 heavy (non-hydrogen) atoms. The highest BCUT2D eigenvalue weighted by Gasteiger charge is 2.45. The largest absolute Gasteiger partial charge is 0.387 e. The summed E-state index contributed by atoms with van der Waals surface area (Å²) in [5.74, 6) is 0.271. The summed E-state index contributed by atoms with van der Waals surface area (Å²) < 4.78 is 7.40. The maximum atomic E-state index is 10.2. The van der Waals surface area contributed by atoms with Gasteiger partial charge in [0, 0.05) is 19.6 Å². The maximum Gasteiger partial charge on any atom is 0.167 e. The molecular formula is C12H16N6O3. The minimum Gasteiger partial charge on any atom is -0.387 e. The SMILES string of the molecule is Nc1ncnc2c1ncn2C1OC(CN2CC2)C(O)C1O. The molecule has 2 fully saturated rings. The standard InChI is InChI=1S/C12H16N6O3/c13-10-7-11(15-4-14-10)18(5-16-7)12-9(20)8(19)6(21-12)3-17-1-2-17/h4-6,8-9,12,19-20H,1-3H2,(H2,13,14,15). The number of aromatic nitrogens is 4. The van der Waals surface area contributed by atoms with E-state index in [2.05, 4.69) is 19.9 Å². The summed E-state index contributed by atoms with van der Waals surface area (Å²) in [6.07, 6.45) is -0.305. The van der Waals surface area contributed by atoms with E-state index < -0.39 is 24.5 Å². The quantitative estimate of drug-likeness (QED) is 0.575. The minimum absolute atomic E-state index is 0.271. The molecule has 4 heterocycles. The van der Waals surface area contributed by atoms with Crippen molar-refractivity contribution in [1.29, 1.82) is 0 Å². The molecule has 2 aromatic rings. The Morgan fingerprint density at radius 2 is 2.05 bits per heavy atom. The summed E-state index contributed by atoms with van der Waals surface area (Å²) in [6.45, 7) is 2.62. The van der Waals surface area contributed by atoms with Crippen LogP contribution in [-0.2, 0) is 4.74 Å². The van der Waals surface area contributed by atoms with Crippen molar-refractivity contribution < 1.29 is 14.9 Å². The molecule has 0 bridgehead atoms. The van der Waals surface area contributed by atoms with Crippen LogP contribution in [0.4, 0.5) is 5.82 Å². The number of fused-ring (bicyclic) bond motifs is 1. The first-order valence-electron chi connectivity index (χ1n) is 6.82. The lowest BCUT2D eigenvalue weighted by atomic mass is 10.1. The van der Waals surface area contributed by atoms with E-state index in [0.29, 0.717) is 17.7 Å². The fourth-order valence-electron chi connectivity index (χ4n) is 2.67. The van der Waals surface area contributed by atoms with E-state index in [9.17, 15) is 10.2 Å². The van der Waals surface area contributed by atoms with Crippen molar-refractivity contribution in [3.05, 3.63) is 12.7 Å². The van der Waals surface area contributed by atoms with Gasteiger partial charge in [0.25, 0.3) is 0 Å². The van der Waals surface area contributed by atoms with Crippen LogP contribution in [0.25, 0.3) is 11.2 Å². The normalized spacial score (nSPS) is 32.9. The van der Waals surface area contributed by atoms with E-state index in [-0.39, 0.29) is 5.82 Å². The van der Waals surface area contributed by atoms with Crippen LogP contribution in [0.1, 0.15) is 6.23 Å². The number of imidazole rings is 1. The van der Waals surface area contributed by atoms with Crippen LogP contribution in [0.3, 0.4) is 0 Å². The maximum absolute atomic E-state index is 10.2. The molecule has 0 saturated carbocycles. The summed E-state index contributed by atoms with van der Waals surface area (Å²) in [6, 6.07) is 0. The Hall–Kier alpha value is -1.81. The second kappa shape index (κ2) is 4.60. The number of rotatable bonds is 3. The lowest BCUT2D eigenvalue weighted by Crippen LogP contribution is -2.35. The molecule has 9 nitrogen and oxygen atoms in total. The fraction of sp³-hybridized carbons (Fsp3) is 0.583. The van der Waals surface area contributed by atoms with Gasteiger partial charge in [-0.25, -0.2) is 15.0 Å². The Morgan fingerprint density at radius 1 is 1.24 bits per heavy atom. The summed E-state index contributed by atoms with van der Waals surface area (Å²) in [5.41, 5.74) is 6.68. The predicted molar refractivity (Wildman–Crippen MR) is 72.1 cm³/mol. The fourth-order valence-corrected chi connectivity index (χ4v) is 2.67. The Balaban J connectivity index is 1.66. The van der Waals surface area contributed by atoms with Crippen LogP contribution in [0.2, 0.25) is 0 Å². The van der Waals surface area contributed by atoms with Crippen LogP contribution in [0, 0.1) is 0 Å². The van der Waals surface area contributed by atoms with E-state index in [1.807, 2.05) is 0 Å². The van der Waals surface area contributed by atoms with Gasteiger partial charge in [-0.1, -0.05) is 0 Å². The molecule has 112 valence electrons. The van der Waals surface area contributed by atoms with Gasteiger partial charge in [0.15, 0.2) is 17.7 Å². The minimum atomic E-state index is -1.04. The molecule has 9 heteroatoms. The first kappa shape index (κ1) is 12.9. The molecule has 4 atom stereocenters. The van der Waals surface area contributed by atoms with Gasteiger partial charge < -0.3 is 20.7 Å². The van der Waals surface area contributed by atoms with Crippen LogP contribution >= 0.6 is 0 Å². The van der Waals surface area contributed by atoms with Crippen molar-refractivity contribution in [2.24, 2.45) is 0 Å². The predicted octanol–water partition coefficient (Wildman–Crippen LogP) is -1.66. The molecule has 2 aliphatic rings. The van der Waals surface area contributed by atoms with Gasteiger partial charge in [-0.15, -0.1) is 0 Å². The van der Waals surface area contributed by atoms with Gasteiger partial charge in [-0.3, -0.25) is 9.47 Å². The molecule has 0 radical (unpaired) electrons. The highest BCUT2D eigenvalue weighted by Crippen LogP contribution is 2.32. The second-order valence-corrected chi connectivity index (χ2v) is 5.43. The number of nitrogens with zero attached hydrogens (tertiary/aromatic N) is 5. The number of nitrogens with two attached hydrogens (primary N) is 1. The van der Waals surface area contributed by atoms with Gasteiger partial charge in [0.2, 0.25) is 0 Å². The van der Waals surface area contributed by atoms with E-state index in [4.69, 9.17) is 10.5 Å². The van der Waals surface area contributed by atoms with Crippen molar-refractivity contribution in [1.82, 2.24) is 24.4 Å². The summed E-state index contributed by atoms with van der Waals surface area (Å²) in [5, 5.41) is 20.4. The molecule has 0 amide bonds.